The minimum Gasteiger partial charge on any atom is -0.354 e. The van der Waals surface area contributed by atoms with Gasteiger partial charge in [0.05, 0.1) is 4.90 Å². The van der Waals surface area contributed by atoms with E-state index in [4.69, 9.17) is 11.6 Å². The molecule has 1 aliphatic heterocycles. The van der Waals surface area contributed by atoms with Gasteiger partial charge < -0.3 is 10.6 Å². The third-order valence-corrected chi connectivity index (χ3v) is 7.90. The summed E-state index contributed by atoms with van der Waals surface area (Å²) in [6.07, 6.45) is 0.931. The summed E-state index contributed by atoms with van der Waals surface area (Å²) < 4.78 is 27.4. The predicted octanol–water partition coefficient (Wildman–Crippen LogP) is 2.90. The normalized spacial score (nSPS) is 15.3. The molecule has 1 heterocycles. The molecule has 3 rings (SSSR count). The van der Waals surface area contributed by atoms with E-state index in [2.05, 4.69) is 10.6 Å². The van der Waals surface area contributed by atoms with Crippen molar-refractivity contribution in [2.45, 2.75) is 31.6 Å². The first-order valence-corrected chi connectivity index (χ1v) is 12.4. The minimum absolute atomic E-state index is 0.116. The fourth-order valence-electron chi connectivity index (χ4n) is 3.80. The first kappa shape index (κ1) is 24.2. The Balaban J connectivity index is 1.44. The highest BCUT2D eigenvalue weighted by Crippen LogP contribution is 2.26. The Hall–Kier alpha value is -2.42. The van der Waals surface area contributed by atoms with Crippen LogP contribution in [0.1, 0.15) is 34.3 Å². The number of aryl methyl sites for hydroxylation is 2. The quantitative estimate of drug-likeness (QED) is 0.599. The van der Waals surface area contributed by atoms with E-state index in [0.717, 1.165) is 11.1 Å². The van der Waals surface area contributed by atoms with Crippen molar-refractivity contribution in [1.82, 2.24) is 14.9 Å². The number of halogens is 1. The van der Waals surface area contributed by atoms with Gasteiger partial charge in [0.25, 0.3) is 5.91 Å². The Labute approximate surface area is 194 Å². The number of benzene rings is 2. The highest BCUT2D eigenvalue weighted by molar-refractivity contribution is 7.89. The SMILES string of the molecule is Cc1ccc(S(=O)(=O)N2CCC(C(=O)NCCNC(=O)c3ccc(Cl)cc3)CC2)c(C)c1. The lowest BCUT2D eigenvalue weighted by atomic mass is 9.97. The highest BCUT2D eigenvalue weighted by atomic mass is 35.5. The molecule has 0 saturated carbocycles. The second-order valence-electron chi connectivity index (χ2n) is 8.00. The van der Waals surface area contributed by atoms with Crippen molar-refractivity contribution >= 4 is 33.4 Å². The van der Waals surface area contributed by atoms with Crippen LogP contribution in [0.25, 0.3) is 0 Å². The maximum atomic E-state index is 13.0. The summed E-state index contributed by atoms with van der Waals surface area (Å²) in [6.45, 7) is 4.94. The molecule has 0 bridgehead atoms. The molecule has 0 unspecified atom stereocenters. The molecular weight excluding hydrogens is 450 g/mol. The molecule has 0 atom stereocenters. The van der Waals surface area contributed by atoms with Gasteiger partial charge in [-0.3, -0.25) is 9.59 Å². The number of hydrogen-bond donors (Lipinski definition) is 2. The molecule has 2 aromatic carbocycles. The van der Waals surface area contributed by atoms with E-state index in [1.54, 1.807) is 43.3 Å². The summed E-state index contributed by atoms with van der Waals surface area (Å²) >= 11 is 5.81. The van der Waals surface area contributed by atoms with Crippen LogP contribution in [0.2, 0.25) is 5.02 Å². The van der Waals surface area contributed by atoms with E-state index in [1.807, 2.05) is 13.0 Å². The maximum Gasteiger partial charge on any atom is 0.251 e. The van der Waals surface area contributed by atoms with E-state index in [-0.39, 0.29) is 17.7 Å². The molecule has 0 radical (unpaired) electrons. The van der Waals surface area contributed by atoms with E-state index in [1.165, 1.54) is 4.31 Å². The van der Waals surface area contributed by atoms with Gasteiger partial charge >= 0.3 is 0 Å². The first-order valence-electron chi connectivity index (χ1n) is 10.6. The van der Waals surface area contributed by atoms with Crippen LogP contribution in [-0.4, -0.2) is 50.7 Å². The molecule has 1 aliphatic rings. The van der Waals surface area contributed by atoms with Crippen LogP contribution in [0.4, 0.5) is 0 Å². The van der Waals surface area contributed by atoms with E-state index < -0.39 is 10.0 Å². The summed E-state index contributed by atoms with van der Waals surface area (Å²) in [7, 11) is -3.57. The van der Waals surface area contributed by atoms with Gasteiger partial charge in [-0.25, -0.2) is 8.42 Å². The second kappa shape index (κ2) is 10.5. The zero-order chi connectivity index (χ0) is 23.3. The average Bonchev–Trinajstić information content (AvgIpc) is 2.76. The number of piperidine rings is 1. The third kappa shape index (κ3) is 5.88. The Kier molecular flexibility index (Phi) is 7.92. The van der Waals surface area contributed by atoms with Crippen molar-refractivity contribution in [3.8, 4) is 0 Å². The van der Waals surface area contributed by atoms with Crippen LogP contribution in [0.5, 0.6) is 0 Å². The largest absolute Gasteiger partial charge is 0.354 e. The number of carbonyl (C=O) groups is 2. The summed E-state index contributed by atoms with van der Waals surface area (Å²) in [6, 6.07) is 11.9. The van der Waals surface area contributed by atoms with Gasteiger partial charge in [0, 0.05) is 42.7 Å². The third-order valence-electron chi connectivity index (χ3n) is 5.59. The highest BCUT2D eigenvalue weighted by Gasteiger charge is 2.32. The molecule has 172 valence electrons. The Morgan fingerprint density at radius 3 is 2.25 bits per heavy atom. The molecule has 0 spiro atoms. The van der Waals surface area contributed by atoms with Crippen LogP contribution < -0.4 is 10.6 Å². The standard InChI is InChI=1S/C23H28ClN3O4S/c1-16-3-8-21(17(2)15-16)32(30,31)27-13-9-19(10-14-27)23(29)26-12-11-25-22(28)18-4-6-20(24)7-5-18/h3-8,15,19H,9-14H2,1-2H3,(H,25,28)(H,26,29). The minimum atomic E-state index is -3.57. The molecule has 0 aromatic heterocycles. The summed E-state index contributed by atoms with van der Waals surface area (Å²) in [5.41, 5.74) is 2.24. The summed E-state index contributed by atoms with van der Waals surface area (Å²) in [5, 5.41) is 6.13. The molecule has 32 heavy (non-hydrogen) atoms. The maximum absolute atomic E-state index is 13.0. The zero-order valence-electron chi connectivity index (χ0n) is 18.2. The molecule has 1 fully saturated rings. The lowest BCUT2D eigenvalue weighted by Crippen LogP contribution is -2.44. The predicted molar refractivity (Wildman–Crippen MR) is 124 cm³/mol. The zero-order valence-corrected chi connectivity index (χ0v) is 19.8. The number of nitrogens with zero attached hydrogens (tertiary/aromatic N) is 1. The molecule has 2 N–H and O–H groups in total. The van der Waals surface area contributed by atoms with Gasteiger partial charge in [0.15, 0.2) is 0 Å². The Bertz CT molecular complexity index is 1080. The van der Waals surface area contributed by atoms with Gasteiger partial charge in [-0.2, -0.15) is 4.31 Å². The monoisotopic (exact) mass is 477 g/mol. The van der Waals surface area contributed by atoms with Crippen molar-refractivity contribution in [3.05, 3.63) is 64.2 Å². The average molecular weight is 478 g/mol. The van der Waals surface area contributed by atoms with Gasteiger partial charge in [-0.15, -0.1) is 0 Å². The van der Waals surface area contributed by atoms with E-state index >= 15 is 0 Å². The molecule has 1 saturated heterocycles. The summed E-state index contributed by atoms with van der Waals surface area (Å²) in [4.78, 5) is 24.8. The topological polar surface area (TPSA) is 95.6 Å². The van der Waals surface area contributed by atoms with Crippen LogP contribution in [0.15, 0.2) is 47.4 Å². The van der Waals surface area contributed by atoms with Gasteiger partial charge in [0.2, 0.25) is 15.9 Å². The Morgan fingerprint density at radius 2 is 1.62 bits per heavy atom. The van der Waals surface area contributed by atoms with Gasteiger partial charge in [0.1, 0.15) is 0 Å². The van der Waals surface area contributed by atoms with Crippen LogP contribution >= 0.6 is 11.6 Å². The molecule has 7 nitrogen and oxygen atoms in total. The molecule has 2 aromatic rings. The van der Waals surface area contributed by atoms with Gasteiger partial charge in [-0.05, 0) is 62.6 Å². The smallest absolute Gasteiger partial charge is 0.251 e. The fourth-order valence-corrected chi connectivity index (χ4v) is 5.60. The van der Waals surface area contributed by atoms with Crippen molar-refractivity contribution in [2.75, 3.05) is 26.2 Å². The lowest BCUT2D eigenvalue weighted by Gasteiger charge is -2.31. The summed E-state index contributed by atoms with van der Waals surface area (Å²) in [5.74, 6) is -0.595. The number of rotatable bonds is 7. The first-order chi connectivity index (χ1) is 15.2. The number of nitrogens with one attached hydrogen (secondary N) is 2. The molecule has 9 heteroatoms. The molecule has 0 aliphatic carbocycles. The second-order valence-corrected chi connectivity index (χ2v) is 10.3. The number of sulfonamides is 1. The van der Waals surface area contributed by atoms with Crippen LogP contribution in [-0.2, 0) is 14.8 Å². The Morgan fingerprint density at radius 1 is 1.00 bits per heavy atom. The van der Waals surface area contributed by atoms with Gasteiger partial charge in [-0.1, -0.05) is 29.3 Å². The van der Waals surface area contributed by atoms with Crippen molar-refractivity contribution < 1.29 is 18.0 Å². The van der Waals surface area contributed by atoms with Crippen molar-refractivity contribution in [2.24, 2.45) is 5.92 Å². The van der Waals surface area contributed by atoms with Crippen molar-refractivity contribution in [1.29, 1.82) is 0 Å². The fraction of sp³-hybridized carbons (Fsp3) is 0.391. The number of carbonyl (C=O) groups excluding carboxylic acids is 2. The molecule has 2 amide bonds. The number of amides is 2. The molecular formula is C23H28ClN3O4S. The van der Waals surface area contributed by atoms with Crippen molar-refractivity contribution in [3.63, 3.8) is 0 Å². The van der Waals surface area contributed by atoms with E-state index in [0.29, 0.717) is 54.5 Å². The van der Waals surface area contributed by atoms with Crippen LogP contribution in [0.3, 0.4) is 0 Å². The lowest BCUT2D eigenvalue weighted by molar-refractivity contribution is -0.126. The number of hydrogen-bond acceptors (Lipinski definition) is 4. The van der Waals surface area contributed by atoms with E-state index in [9.17, 15) is 18.0 Å². The van der Waals surface area contributed by atoms with Crippen LogP contribution in [0, 0.1) is 19.8 Å².